The van der Waals surface area contributed by atoms with E-state index in [4.69, 9.17) is 18.9 Å². The van der Waals surface area contributed by atoms with Crippen LogP contribution in [0.25, 0.3) is 0 Å². The molecule has 4 aliphatic carbocycles. The summed E-state index contributed by atoms with van der Waals surface area (Å²) in [7, 11) is 0. The molecule has 14 heteroatoms. The Labute approximate surface area is 328 Å². The second-order valence-electron chi connectivity index (χ2n) is 18.4. The van der Waals surface area contributed by atoms with Gasteiger partial charge in [0.05, 0.1) is 39.3 Å². The van der Waals surface area contributed by atoms with Crippen LogP contribution in [0.5, 0.6) is 0 Å². The van der Waals surface area contributed by atoms with Crippen molar-refractivity contribution in [2.45, 2.75) is 117 Å². The summed E-state index contributed by atoms with van der Waals surface area (Å²) < 4.78 is 24.0. The van der Waals surface area contributed by atoms with Crippen LogP contribution < -0.4 is 0 Å². The Kier molecular flexibility index (Phi) is 12.8. The average molecular weight is 789 g/mol. The topological polar surface area (TPSA) is 220 Å². The van der Waals surface area contributed by atoms with E-state index < -0.39 is 106 Å². The lowest BCUT2D eigenvalue weighted by atomic mass is 9.47. The van der Waals surface area contributed by atoms with Gasteiger partial charge in [0, 0.05) is 22.7 Å². The summed E-state index contributed by atoms with van der Waals surface area (Å²) in [5.74, 6) is -11.9. The summed E-state index contributed by atoms with van der Waals surface area (Å²) in [4.78, 5) is 77.6. The highest BCUT2D eigenvalue weighted by atomic mass is 16.6. The highest BCUT2D eigenvalue weighted by Gasteiger charge is 2.58. The molecule has 56 heavy (non-hydrogen) atoms. The molecule has 0 aromatic carbocycles. The molecule has 0 unspecified atom stereocenters. The lowest BCUT2D eigenvalue weighted by molar-refractivity contribution is -0.184. The fourth-order valence-corrected chi connectivity index (χ4v) is 11.9. The lowest BCUT2D eigenvalue weighted by Crippen LogP contribution is -2.54. The molecule has 312 valence electrons. The summed E-state index contributed by atoms with van der Waals surface area (Å²) in [6.45, 7) is 16.2. The minimum Gasteiger partial charge on any atom is -0.481 e. The number of carbonyl (C=O) groups excluding carboxylic acids is 2. The fraction of sp³-hybridized carbons (Fsp3) is 0.762. The van der Waals surface area contributed by atoms with Crippen LogP contribution in [0.3, 0.4) is 0 Å². The maximum atomic E-state index is 13.9. The third-order valence-corrected chi connectivity index (χ3v) is 14.9. The van der Waals surface area contributed by atoms with Crippen LogP contribution in [0.4, 0.5) is 0 Å². The molecule has 0 aromatic rings. The van der Waals surface area contributed by atoms with Crippen LogP contribution in [-0.4, -0.2) is 94.9 Å². The van der Waals surface area contributed by atoms with E-state index in [0.29, 0.717) is 64.2 Å². The molecule has 0 amide bonds. The van der Waals surface area contributed by atoms with Gasteiger partial charge in [0.25, 0.3) is 0 Å². The van der Waals surface area contributed by atoms with Crippen molar-refractivity contribution in [2.75, 3.05) is 26.4 Å². The molecule has 1 saturated heterocycles. The molecular formula is C42H60O14. The summed E-state index contributed by atoms with van der Waals surface area (Å²) in [5.41, 5.74) is -0.688. The van der Waals surface area contributed by atoms with E-state index in [1.807, 2.05) is 13.8 Å². The monoisotopic (exact) mass is 788 g/mol. The van der Waals surface area contributed by atoms with Gasteiger partial charge in [0.15, 0.2) is 12.2 Å². The van der Waals surface area contributed by atoms with Crippen LogP contribution in [0.1, 0.15) is 105 Å². The SMILES string of the molecule is C=C1CC[C@H]2[C@@]3(C)CCC[C@]2(C)[C@H]1CO[C@@H](C(=O)O)[C@H](CC(=O)O)C(=O)OC[C@]1(C)CCC[C@]2(C)[C@@H](CO[C@@H](C(=O)O)[C@H](CC(=O)O)C(=O)OC3)C(=C)CC[C@@H]12. The Morgan fingerprint density at radius 2 is 0.982 bits per heavy atom. The zero-order valence-electron chi connectivity index (χ0n) is 33.2. The molecule has 1 aliphatic heterocycles. The Morgan fingerprint density at radius 1 is 0.625 bits per heavy atom. The number of hydrogen-bond acceptors (Lipinski definition) is 10. The maximum Gasteiger partial charge on any atom is 0.333 e. The van der Waals surface area contributed by atoms with E-state index in [1.54, 1.807) is 0 Å². The first-order chi connectivity index (χ1) is 26.2. The van der Waals surface area contributed by atoms with Crippen molar-refractivity contribution >= 4 is 35.8 Å². The zero-order chi connectivity index (χ0) is 41.4. The van der Waals surface area contributed by atoms with Gasteiger partial charge in [-0.25, -0.2) is 9.59 Å². The second kappa shape index (κ2) is 16.6. The molecule has 12 atom stereocenters. The standard InChI is InChI=1S/C42H60O14/c1-23-9-11-29-39(3)13-7-15-41(29,5)27(23)19-53-33(35(47)48)25(17-31(43)44)37(51)56-22-40(4)14-8-16-42(6)28(24(2)10-12-30(40)42)20-54-34(36(49)50)26(18-32(45)46)38(52)55-21-39/h25-30,33-34H,1-2,7-22H2,3-6H3,(H,43,44)(H,45,46)(H,47,48)(H,49,50)/t25-,26-,27-,28-,29-,30-,33+,34+,39-,40-,41+,42+/m0/s1. The van der Waals surface area contributed by atoms with E-state index >= 15 is 0 Å². The summed E-state index contributed by atoms with van der Waals surface area (Å²) >= 11 is 0. The number of cyclic esters (lactones) is 2. The molecule has 0 spiro atoms. The third kappa shape index (κ3) is 8.42. The summed E-state index contributed by atoms with van der Waals surface area (Å²) in [6, 6.07) is 0. The average Bonchev–Trinajstić information content (AvgIpc) is 3.09. The van der Waals surface area contributed by atoms with Crippen molar-refractivity contribution in [3.8, 4) is 0 Å². The number of carbonyl (C=O) groups is 6. The number of aliphatic carboxylic acids is 4. The highest BCUT2D eigenvalue weighted by molar-refractivity contribution is 5.87. The minimum atomic E-state index is -1.80. The van der Waals surface area contributed by atoms with Gasteiger partial charge in [-0.2, -0.15) is 0 Å². The molecule has 4 N–H and O–H groups in total. The number of carboxylic acid groups (broad SMARTS) is 4. The first-order valence-electron chi connectivity index (χ1n) is 20.0. The normalized spacial score (nSPS) is 41.5. The Hall–Kier alpha value is -3.78. The smallest absolute Gasteiger partial charge is 0.333 e. The molecule has 5 aliphatic rings. The van der Waals surface area contributed by atoms with Crippen LogP contribution in [-0.2, 0) is 47.7 Å². The third-order valence-electron chi connectivity index (χ3n) is 14.9. The quantitative estimate of drug-likeness (QED) is 0.186. The maximum absolute atomic E-state index is 13.9. The van der Waals surface area contributed by atoms with Gasteiger partial charge in [0.2, 0.25) is 0 Å². The Morgan fingerprint density at radius 3 is 1.30 bits per heavy atom. The molecule has 0 radical (unpaired) electrons. The number of carboxylic acids is 4. The molecule has 4 saturated carbocycles. The van der Waals surface area contributed by atoms with E-state index in [-0.39, 0.29) is 38.3 Å². The number of rotatable bonds is 6. The van der Waals surface area contributed by atoms with Gasteiger partial charge in [0.1, 0.15) is 11.8 Å². The fourth-order valence-electron chi connectivity index (χ4n) is 11.9. The van der Waals surface area contributed by atoms with Gasteiger partial charge >= 0.3 is 35.8 Å². The van der Waals surface area contributed by atoms with Crippen LogP contribution >= 0.6 is 0 Å². The summed E-state index contributed by atoms with van der Waals surface area (Å²) in [5, 5.41) is 40.5. The second-order valence-corrected chi connectivity index (χ2v) is 18.4. The van der Waals surface area contributed by atoms with Crippen LogP contribution in [0.2, 0.25) is 0 Å². The summed E-state index contributed by atoms with van der Waals surface area (Å²) in [6.07, 6.45) is 1.31. The Bertz CT molecular complexity index is 1490. The first-order valence-corrected chi connectivity index (χ1v) is 20.0. The van der Waals surface area contributed by atoms with Crippen molar-refractivity contribution in [1.82, 2.24) is 0 Å². The van der Waals surface area contributed by atoms with E-state index in [9.17, 15) is 49.2 Å². The van der Waals surface area contributed by atoms with Gasteiger partial charge in [-0.3, -0.25) is 19.2 Å². The largest absolute Gasteiger partial charge is 0.481 e. The lowest BCUT2D eigenvalue weighted by Gasteiger charge is -2.58. The number of esters is 2. The van der Waals surface area contributed by atoms with Gasteiger partial charge in [-0.15, -0.1) is 0 Å². The number of hydrogen-bond donors (Lipinski definition) is 4. The van der Waals surface area contributed by atoms with Gasteiger partial charge < -0.3 is 39.4 Å². The Balaban J connectivity index is 1.57. The molecule has 8 bridgehead atoms. The van der Waals surface area contributed by atoms with E-state index in [2.05, 4.69) is 27.0 Å². The number of ether oxygens (including phenoxy) is 4. The van der Waals surface area contributed by atoms with Crippen molar-refractivity contribution in [1.29, 1.82) is 0 Å². The van der Waals surface area contributed by atoms with Crippen molar-refractivity contribution in [2.24, 2.45) is 57.2 Å². The van der Waals surface area contributed by atoms with Crippen molar-refractivity contribution in [3.05, 3.63) is 24.3 Å². The molecule has 0 aromatic heterocycles. The molecule has 5 fully saturated rings. The van der Waals surface area contributed by atoms with Crippen molar-refractivity contribution in [3.63, 3.8) is 0 Å². The minimum absolute atomic E-state index is 0.104. The molecule has 14 nitrogen and oxygen atoms in total. The molecule has 5 rings (SSSR count). The molecular weight excluding hydrogens is 728 g/mol. The first kappa shape index (κ1) is 43.3. The van der Waals surface area contributed by atoms with Gasteiger partial charge in [-0.1, -0.05) is 64.8 Å². The predicted octanol–water partition coefficient (Wildman–Crippen LogP) is 5.77. The van der Waals surface area contributed by atoms with E-state index in [0.717, 1.165) is 11.1 Å². The van der Waals surface area contributed by atoms with Gasteiger partial charge in [-0.05, 0) is 74.0 Å². The predicted molar refractivity (Wildman–Crippen MR) is 199 cm³/mol. The molecule has 1 heterocycles. The zero-order valence-corrected chi connectivity index (χ0v) is 33.2. The van der Waals surface area contributed by atoms with E-state index in [1.165, 1.54) is 0 Å². The van der Waals surface area contributed by atoms with Crippen LogP contribution in [0.15, 0.2) is 24.3 Å². The van der Waals surface area contributed by atoms with Crippen molar-refractivity contribution < 1.29 is 68.1 Å². The highest BCUT2D eigenvalue weighted by Crippen LogP contribution is 2.62. The van der Waals surface area contributed by atoms with Crippen LogP contribution in [0, 0.1) is 57.2 Å².